The van der Waals surface area contributed by atoms with E-state index in [0.717, 1.165) is 24.2 Å². The third-order valence-electron chi connectivity index (χ3n) is 10.9. The number of aliphatic hydroxyl groups is 2. The summed E-state index contributed by atoms with van der Waals surface area (Å²) in [7, 11) is 0. The van der Waals surface area contributed by atoms with Crippen LogP contribution in [0.4, 0.5) is 0 Å². The Morgan fingerprint density at radius 1 is 1.03 bits per heavy atom. The zero-order valence-corrected chi connectivity index (χ0v) is 22.0. The average molecular weight is 443 g/mol. The summed E-state index contributed by atoms with van der Waals surface area (Å²) in [6.45, 7) is 16.9. The van der Waals surface area contributed by atoms with Crippen molar-refractivity contribution >= 4 is 0 Å². The molecule has 2 nitrogen and oxygen atoms in total. The molecule has 0 saturated heterocycles. The molecule has 4 rings (SSSR count). The smallest absolute Gasteiger partial charge is 0.0644 e. The second kappa shape index (κ2) is 8.56. The lowest BCUT2D eigenvalue weighted by Crippen LogP contribution is -2.57. The minimum Gasteiger partial charge on any atom is -0.396 e. The van der Waals surface area contributed by atoms with Gasteiger partial charge in [0.25, 0.3) is 0 Å². The monoisotopic (exact) mass is 442 g/mol. The fraction of sp³-hybridized carbons (Fsp3) is 0.867. The van der Waals surface area contributed by atoms with Gasteiger partial charge in [-0.25, -0.2) is 0 Å². The van der Waals surface area contributed by atoms with Gasteiger partial charge in [-0.2, -0.15) is 0 Å². The van der Waals surface area contributed by atoms with Crippen LogP contribution in [0.15, 0.2) is 22.8 Å². The largest absolute Gasteiger partial charge is 0.396 e. The predicted octanol–water partition coefficient (Wildman–Crippen LogP) is 7.31. The van der Waals surface area contributed by atoms with Crippen molar-refractivity contribution in [1.82, 2.24) is 0 Å². The quantitative estimate of drug-likeness (QED) is 0.453. The fourth-order valence-corrected chi connectivity index (χ4v) is 9.16. The Morgan fingerprint density at radius 2 is 1.75 bits per heavy atom. The molecule has 1 fully saturated rings. The van der Waals surface area contributed by atoms with E-state index in [1.807, 2.05) is 0 Å². The molecule has 0 bridgehead atoms. The van der Waals surface area contributed by atoms with Crippen LogP contribution in [-0.4, -0.2) is 22.9 Å². The van der Waals surface area contributed by atoms with Gasteiger partial charge in [0.15, 0.2) is 0 Å². The van der Waals surface area contributed by atoms with E-state index >= 15 is 0 Å². The molecule has 4 aliphatic carbocycles. The van der Waals surface area contributed by atoms with Gasteiger partial charge in [-0.15, -0.1) is 0 Å². The molecule has 0 amide bonds. The normalized spacial score (nSPS) is 41.8. The summed E-state index contributed by atoms with van der Waals surface area (Å²) in [4.78, 5) is 0. The molecule has 2 heteroatoms. The summed E-state index contributed by atoms with van der Waals surface area (Å²) in [6.07, 6.45) is 13.4. The Bertz CT molecular complexity index is 774. The summed E-state index contributed by atoms with van der Waals surface area (Å²) < 4.78 is 0. The van der Waals surface area contributed by atoms with Gasteiger partial charge in [0.05, 0.1) is 6.10 Å². The summed E-state index contributed by atoms with van der Waals surface area (Å²) >= 11 is 0. The van der Waals surface area contributed by atoms with Crippen molar-refractivity contribution in [3.63, 3.8) is 0 Å². The van der Waals surface area contributed by atoms with Crippen molar-refractivity contribution in [1.29, 1.82) is 0 Å². The lowest BCUT2D eigenvalue weighted by atomic mass is 9.44. The minimum absolute atomic E-state index is 0.00213. The maximum atomic E-state index is 11.1. The number of fused-ring (bicyclic) bond motifs is 4. The molecule has 7 atom stereocenters. The van der Waals surface area contributed by atoms with Gasteiger partial charge >= 0.3 is 0 Å². The van der Waals surface area contributed by atoms with Gasteiger partial charge in [0.1, 0.15) is 0 Å². The van der Waals surface area contributed by atoms with E-state index in [1.54, 1.807) is 16.7 Å². The second-order valence-electron chi connectivity index (χ2n) is 13.6. The molecule has 32 heavy (non-hydrogen) atoms. The van der Waals surface area contributed by atoms with Crippen LogP contribution in [-0.2, 0) is 0 Å². The van der Waals surface area contributed by atoms with Gasteiger partial charge < -0.3 is 10.2 Å². The maximum Gasteiger partial charge on any atom is 0.0644 e. The zero-order valence-electron chi connectivity index (χ0n) is 22.0. The second-order valence-corrected chi connectivity index (χ2v) is 13.6. The molecule has 0 radical (unpaired) electrons. The summed E-state index contributed by atoms with van der Waals surface area (Å²) in [5, 5.41) is 21.1. The Balaban J connectivity index is 1.61. The van der Waals surface area contributed by atoms with Crippen molar-refractivity contribution in [3.8, 4) is 0 Å². The molecule has 2 N–H and O–H groups in total. The molecular formula is C30H50O2. The number of rotatable bonds is 6. The third-order valence-corrected chi connectivity index (χ3v) is 10.9. The van der Waals surface area contributed by atoms with Gasteiger partial charge in [-0.1, -0.05) is 79.4 Å². The Kier molecular flexibility index (Phi) is 6.56. The molecule has 182 valence electrons. The van der Waals surface area contributed by atoms with E-state index in [0.29, 0.717) is 11.3 Å². The standard InChI is InChI=1S/C30H50O2/c1-19(2)9-8-10-20(3)23-12-13-24-22-11-14-26-28(4,5)27(32)21(18-31)17-30(26,7)25(22)15-16-29(23,24)6/h13,19-21,23,26-27,31-32H,8-12,14-18H2,1-7H3/t20-,21+,23?,26?,27-,29-,30-/m1/s1. The Labute approximate surface area is 198 Å². The molecule has 2 unspecified atom stereocenters. The van der Waals surface area contributed by atoms with Gasteiger partial charge in [-0.3, -0.25) is 0 Å². The number of hydrogen-bond donors (Lipinski definition) is 2. The lowest BCUT2D eigenvalue weighted by molar-refractivity contribution is -0.135. The molecular weight excluding hydrogens is 392 g/mol. The lowest BCUT2D eigenvalue weighted by Gasteiger charge is -2.61. The van der Waals surface area contributed by atoms with Crippen LogP contribution < -0.4 is 0 Å². The highest BCUT2D eigenvalue weighted by Crippen LogP contribution is 2.67. The van der Waals surface area contributed by atoms with Gasteiger partial charge in [-0.05, 0) is 89.6 Å². The summed E-state index contributed by atoms with van der Waals surface area (Å²) in [5.74, 6) is 2.90. The van der Waals surface area contributed by atoms with E-state index < -0.39 is 6.10 Å². The predicted molar refractivity (Wildman–Crippen MR) is 134 cm³/mol. The van der Waals surface area contributed by atoms with Crippen LogP contribution in [0.25, 0.3) is 0 Å². The van der Waals surface area contributed by atoms with Gasteiger partial charge in [0, 0.05) is 12.5 Å². The van der Waals surface area contributed by atoms with Crippen molar-refractivity contribution < 1.29 is 10.2 Å². The molecule has 0 heterocycles. The first-order chi connectivity index (χ1) is 15.0. The first-order valence-electron chi connectivity index (χ1n) is 13.7. The third kappa shape index (κ3) is 3.67. The van der Waals surface area contributed by atoms with Crippen molar-refractivity contribution in [2.45, 2.75) is 112 Å². The summed E-state index contributed by atoms with van der Waals surface area (Å²) in [5.41, 5.74) is 5.41. The molecule has 0 spiro atoms. The van der Waals surface area contributed by atoms with Crippen molar-refractivity contribution in [2.75, 3.05) is 6.61 Å². The molecule has 0 aromatic heterocycles. The van der Waals surface area contributed by atoms with E-state index in [-0.39, 0.29) is 23.4 Å². The minimum atomic E-state index is -0.400. The highest BCUT2D eigenvalue weighted by Gasteiger charge is 2.59. The van der Waals surface area contributed by atoms with Crippen LogP contribution in [0.5, 0.6) is 0 Å². The Morgan fingerprint density at radius 3 is 2.41 bits per heavy atom. The topological polar surface area (TPSA) is 40.5 Å². The average Bonchev–Trinajstić information content (AvgIpc) is 3.08. The van der Waals surface area contributed by atoms with Crippen LogP contribution in [0.3, 0.4) is 0 Å². The van der Waals surface area contributed by atoms with Crippen LogP contribution in [0.2, 0.25) is 0 Å². The molecule has 4 aliphatic rings. The van der Waals surface area contributed by atoms with Crippen molar-refractivity contribution in [3.05, 3.63) is 22.8 Å². The van der Waals surface area contributed by atoms with Crippen molar-refractivity contribution in [2.24, 2.45) is 45.8 Å². The SMILES string of the molecule is CC(C)CCC[C@@H](C)C1CC=C2C3=C(CC[C@@]21C)[C@@]1(C)C[C@@H](CO)[C@@H](O)C(C)(C)C1CC3. The molecule has 0 aromatic carbocycles. The van der Waals surface area contributed by atoms with Crippen LogP contribution >= 0.6 is 0 Å². The van der Waals surface area contributed by atoms with Gasteiger partial charge in [0.2, 0.25) is 0 Å². The number of allylic oxidation sites excluding steroid dienone is 4. The first kappa shape index (κ1) is 24.5. The molecule has 1 saturated carbocycles. The van der Waals surface area contributed by atoms with E-state index in [9.17, 15) is 10.2 Å². The zero-order chi connectivity index (χ0) is 23.5. The van der Waals surface area contributed by atoms with E-state index in [2.05, 4.69) is 54.5 Å². The first-order valence-corrected chi connectivity index (χ1v) is 13.7. The molecule has 0 aliphatic heterocycles. The fourth-order valence-electron chi connectivity index (χ4n) is 9.16. The van der Waals surface area contributed by atoms with E-state index in [1.165, 1.54) is 51.4 Å². The highest BCUT2D eigenvalue weighted by molar-refractivity contribution is 5.50. The number of hydrogen-bond acceptors (Lipinski definition) is 2. The molecule has 0 aromatic rings. The van der Waals surface area contributed by atoms with Crippen LogP contribution in [0, 0.1) is 45.8 Å². The highest BCUT2D eigenvalue weighted by atomic mass is 16.3. The summed E-state index contributed by atoms with van der Waals surface area (Å²) in [6, 6.07) is 0. The van der Waals surface area contributed by atoms with E-state index in [4.69, 9.17) is 0 Å². The number of aliphatic hydroxyl groups excluding tert-OH is 2. The maximum absolute atomic E-state index is 11.1. The van der Waals surface area contributed by atoms with Crippen LogP contribution in [0.1, 0.15) is 106 Å². The Hall–Kier alpha value is -0.600.